The first-order valence-corrected chi connectivity index (χ1v) is 10.5. The third kappa shape index (κ3) is 2.22. The van der Waals surface area contributed by atoms with Crippen molar-refractivity contribution < 1.29 is 9.59 Å². The van der Waals surface area contributed by atoms with E-state index in [4.69, 9.17) is 0 Å². The van der Waals surface area contributed by atoms with Gasteiger partial charge in [0.1, 0.15) is 0 Å². The van der Waals surface area contributed by atoms with E-state index in [0.717, 1.165) is 11.3 Å². The van der Waals surface area contributed by atoms with Crippen molar-refractivity contribution in [3.05, 3.63) is 101 Å². The Balaban J connectivity index is 1.41. The van der Waals surface area contributed by atoms with Gasteiger partial charge in [-0.25, -0.2) is 0 Å². The van der Waals surface area contributed by atoms with Crippen molar-refractivity contribution in [2.45, 2.75) is 18.8 Å². The van der Waals surface area contributed by atoms with Gasteiger partial charge in [-0.15, -0.1) is 0 Å². The molecule has 148 valence electrons. The van der Waals surface area contributed by atoms with E-state index in [0.29, 0.717) is 0 Å². The zero-order valence-corrected chi connectivity index (χ0v) is 16.7. The van der Waals surface area contributed by atoms with E-state index in [1.165, 1.54) is 27.2 Å². The van der Waals surface area contributed by atoms with Crippen molar-refractivity contribution in [2.24, 2.45) is 11.8 Å². The molecule has 0 aromatic heterocycles. The number of rotatable bonds is 3. The number of anilines is 1. The zero-order valence-electron chi connectivity index (χ0n) is 16.7. The summed E-state index contributed by atoms with van der Waals surface area (Å²) in [6.07, 6.45) is 0. The van der Waals surface area contributed by atoms with Gasteiger partial charge in [0.2, 0.25) is 11.8 Å². The summed E-state index contributed by atoms with van der Waals surface area (Å²) in [5.74, 6) is -0.827. The molecule has 3 aromatic rings. The number of hydrogen-bond donors (Lipinski definition) is 1. The van der Waals surface area contributed by atoms with Crippen LogP contribution in [0.4, 0.5) is 5.69 Å². The number of carbonyl (C=O) groups excluding carboxylic acids is 2. The van der Waals surface area contributed by atoms with Crippen LogP contribution in [-0.4, -0.2) is 23.4 Å². The molecule has 1 fully saturated rings. The Bertz CT molecular complexity index is 1090. The molecule has 30 heavy (non-hydrogen) atoms. The van der Waals surface area contributed by atoms with E-state index in [-0.39, 0.29) is 42.2 Å². The summed E-state index contributed by atoms with van der Waals surface area (Å²) in [7, 11) is 0. The molecule has 4 nitrogen and oxygen atoms in total. The lowest BCUT2D eigenvalue weighted by Gasteiger charge is -2.45. The fraction of sp³-hybridized carbons (Fsp3) is 0.231. The highest BCUT2D eigenvalue weighted by Gasteiger charge is 2.61. The van der Waals surface area contributed by atoms with Gasteiger partial charge >= 0.3 is 0 Å². The third-order valence-electron chi connectivity index (χ3n) is 7.11. The maximum absolute atomic E-state index is 13.5. The molecule has 7 rings (SSSR count). The van der Waals surface area contributed by atoms with Gasteiger partial charge in [-0.05, 0) is 40.8 Å². The van der Waals surface area contributed by atoms with Gasteiger partial charge < -0.3 is 5.32 Å². The Labute approximate surface area is 175 Å². The van der Waals surface area contributed by atoms with Crippen LogP contribution in [0.1, 0.15) is 39.7 Å². The molecule has 3 aliphatic carbocycles. The summed E-state index contributed by atoms with van der Waals surface area (Å²) >= 11 is 0. The lowest BCUT2D eigenvalue weighted by molar-refractivity contribution is -0.139. The molecule has 1 heterocycles. The van der Waals surface area contributed by atoms with Crippen LogP contribution in [0.5, 0.6) is 0 Å². The average molecular weight is 394 g/mol. The van der Waals surface area contributed by atoms with Crippen molar-refractivity contribution in [3.8, 4) is 0 Å². The van der Waals surface area contributed by atoms with Crippen LogP contribution in [0.2, 0.25) is 0 Å². The molecule has 0 radical (unpaired) electrons. The molecule has 3 aromatic carbocycles. The quantitative estimate of drug-likeness (QED) is 0.676. The topological polar surface area (TPSA) is 49.4 Å². The Kier molecular flexibility index (Phi) is 3.66. The van der Waals surface area contributed by atoms with Gasteiger partial charge in [-0.1, -0.05) is 66.7 Å². The number of hydrogen-bond acceptors (Lipinski definition) is 3. The summed E-state index contributed by atoms with van der Waals surface area (Å²) in [4.78, 5) is 28.5. The summed E-state index contributed by atoms with van der Waals surface area (Å²) < 4.78 is 0. The highest BCUT2D eigenvalue weighted by molar-refractivity contribution is 6.07. The minimum atomic E-state index is -0.314. The number of benzene rings is 3. The minimum Gasteiger partial charge on any atom is -0.367 e. The van der Waals surface area contributed by atoms with Crippen molar-refractivity contribution >= 4 is 17.5 Å². The molecule has 0 spiro atoms. The molecule has 2 bridgehead atoms. The molecular formula is C26H22N2O2. The molecule has 1 aliphatic heterocycles. The molecule has 1 saturated heterocycles. The van der Waals surface area contributed by atoms with Crippen LogP contribution in [0, 0.1) is 18.8 Å². The molecule has 0 unspecified atom stereocenters. The summed E-state index contributed by atoms with van der Waals surface area (Å²) in [6, 6.07) is 24.6. The van der Waals surface area contributed by atoms with E-state index in [1.807, 2.05) is 55.5 Å². The van der Waals surface area contributed by atoms with Crippen LogP contribution < -0.4 is 5.32 Å². The van der Waals surface area contributed by atoms with Gasteiger partial charge in [0.25, 0.3) is 0 Å². The SMILES string of the molecule is Cc1ccccc1NCN1C(=O)[C@@H]2C3c4ccccc4C(c4ccccc43)[C@H]2C1=O. The van der Waals surface area contributed by atoms with Crippen LogP contribution in [0.25, 0.3) is 0 Å². The second-order valence-corrected chi connectivity index (χ2v) is 8.52. The Morgan fingerprint density at radius 2 is 1.13 bits per heavy atom. The molecule has 1 N–H and O–H groups in total. The molecular weight excluding hydrogens is 372 g/mol. The van der Waals surface area contributed by atoms with E-state index in [1.54, 1.807) is 0 Å². The fourth-order valence-corrected chi connectivity index (χ4v) is 5.83. The van der Waals surface area contributed by atoms with Gasteiger partial charge in [-0.3, -0.25) is 14.5 Å². The number of para-hydroxylation sites is 1. The largest absolute Gasteiger partial charge is 0.367 e. The first-order valence-electron chi connectivity index (χ1n) is 10.5. The number of nitrogens with zero attached hydrogens (tertiary/aromatic N) is 1. The maximum atomic E-state index is 13.5. The zero-order chi connectivity index (χ0) is 20.4. The van der Waals surface area contributed by atoms with E-state index in [2.05, 4.69) is 29.6 Å². The van der Waals surface area contributed by atoms with Crippen molar-refractivity contribution in [1.29, 1.82) is 0 Å². The molecule has 4 aliphatic rings. The first-order chi connectivity index (χ1) is 14.7. The van der Waals surface area contributed by atoms with Crippen LogP contribution in [-0.2, 0) is 9.59 Å². The van der Waals surface area contributed by atoms with Crippen molar-refractivity contribution in [3.63, 3.8) is 0 Å². The molecule has 2 amide bonds. The van der Waals surface area contributed by atoms with Crippen molar-refractivity contribution in [1.82, 2.24) is 4.90 Å². The lowest BCUT2D eigenvalue weighted by Crippen LogP contribution is -2.41. The number of likely N-dealkylation sites (tertiary alicyclic amines) is 1. The third-order valence-corrected chi connectivity index (χ3v) is 7.11. The number of amides is 2. The fourth-order valence-electron chi connectivity index (χ4n) is 5.83. The Hall–Kier alpha value is -3.40. The highest BCUT2D eigenvalue weighted by atomic mass is 16.2. The summed E-state index contributed by atoms with van der Waals surface area (Å²) in [5, 5.41) is 3.30. The average Bonchev–Trinajstić information content (AvgIpc) is 3.04. The van der Waals surface area contributed by atoms with Crippen LogP contribution >= 0.6 is 0 Å². The predicted octanol–water partition coefficient (Wildman–Crippen LogP) is 4.26. The van der Waals surface area contributed by atoms with Gasteiger partial charge in [0.15, 0.2) is 0 Å². The minimum absolute atomic E-state index is 0.0488. The standard InChI is InChI=1S/C26H22N2O2/c1-15-8-2-7-13-20(15)27-14-28-25(29)23-21-16-9-3-4-10-17(16)22(24(23)26(28)30)19-12-6-5-11-18(19)21/h2-13,21-24,27H,14H2,1H3/t21?,22?,23-,24-/m1/s1. The van der Waals surface area contributed by atoms with Gasteiger partial charge in [0, 0.05) is 17.5 Å². The van der Waals surface area contributed by atoms with E-state index in [9.17, 15) is 9.59 Å². The van der Waals surface area contributed by atoms with Gasteiger partial charge in [-0.2, -0.15) is 0 Å². The molecule has 4 heteroatoms. The predicted molar refractivity (Wildman–Crippen MR) is 115 cm³/mol. The lowest BCUT2D eigenvalue weighted by atomic mass is 9.55. The summed E-state index contributed by atoms with van der Waals surface area (Å²) in [5.41, 5.74) is 6.86. The van der Waals surface area contributed by atoms with Crippen LogP contribution in [0.15, 0.2) is 72.8 Å². The monoisotopic (exact) mass is 394 g/mol. The van der Waals surface area contributed by atoms with Crippen molar-refractivity contribution in [2.75, 3.05) is 12.0 Å². The number of nitrogens with one attached hydrogen (secondary N) is 1. The van der Waals surface area contributed by atoms with E-state index >= 15 is 0 Å². The van der Waals surface area contributed by atoms with Gasteiger partial charge in [0.05, 0.1) is 18.5 Å². The second-order valence-electron chi connectivity index (χ2n) is 8.52. The highest BCUT2D eigenvalue weighted by Crippen LogP contribution is 2.60. The maximum Gasteiger partial charge on any atom is 0.235 e. The van der Waals surface area contributed by atoms with E-state index < -0.39 is 0 Å². The first kappa shape index (κ1) is 17.5. The second kappa shape index (κ2) is 6.30. The number of carbonyl (C=O) groups is 2. The number of aryl methyl sites for hydroxylation is 1. The molecule has 0 saturated carbocycles. The smallest absolute Gasteiger partial charge is 0.235 e. The van der Waals surface area contributed by atoms with Crippen LogP contribution in [0.3, 0.4) is 0 Å². The molecule has 2 atom stereocenters. The Morgan fingerprint density at radius 3 is 1.60 bits per heavy atom. The Morgan fingerprint density at radius 1 is 0.700 bits per heavy atom. The number of imide groups is 1. The normalized spacial score (nSPS) is 25.7. The summed E-state index contributed by atoms with van der Waals surface area (Å²) in [6.45, 7) is 2.23.